The van der Waals surface area contributed by atoms with Crippen LogP contribution in [0.1, 0.15) is 6.92 Å². The van der Waals surface area contributed by atoms with Gasteiger partial charge in [-0.05, 0) is 5.92 Å². The fraction of sp³-hybridized carbons (Fsp3) is 1.00. The topological polar surface area (TPSA) is 46.6 Å². The summed E-state index contributed by atoms with van der Waals surface area (Å²) >= 11 is 0. The van der Waals surface area contributed by atoms with Crippen LogP contribution in [0.4, 0.5) is 0 Å². The van der Waals surface area contributed by atoms with Gasteiger partial charge in [-0.1, -0.05) is 6.92 Å². The Morgan fingerprint density at radius 2 is 2.08 bits per heavy atom. The van der Waals surface area contributed by atoms with Gasteiger partial charge in [0.25, 0.3) is 0 Å². The molecule has 0 aliphatic carbocycles. The second kappa shape index (κ2) is 3.72. The van der Waals surface area contributed by atoms with Crippen molar-refractivity contribution in [2.24, 2.45) is 5.92 Å². The minimum Gasteiger partial charge on any atom is -0.384 e. The van der Waals surface area contributed by atoms with Crippen molar-refractivity contribution < 1.29 is 13.2 Å². The summed E-state index contributed by atoms with van der Waals surface area (Å²) in [6.45, 7) is 3.67. The Morgan fingerprint density at radius 1 is 1.50 bits per heavy atom. The van der Waals surface area contributed by atoms with Crippen LogP contribution in [0, 0.1) is 5.92 Å². The molecule has 0 amide bonds. The summed E-state index contributed by atoms with van der Waals surface area (Å²) in [7, 11) is -1.50. The van der Waals surface area contributed by atoms with Crippen LogP contribution in [0.25, 0.3) is 0 Å². The molecule has 0 radical (unpaired) electrons. The molecule has 0 aromatic carbocycles. The van der Waals surface area contributed by atoms with Gasteiger partial charge in [0, 0.05) is 20.2 Å². The third kappa shape index (κ3) is 2.18. The van der Waals surface area contributed by atoms with Crippen molar-refractivity contribution >= 4 is 10.0 Å². The van der Waals surface area contributed by atoms with Gasteiger partial charge in [0.05, 0.1) is 12.4 Å². The van der Waals surface area contributed by atoms with Gasteiger partial charge in [0.2, 0.25) is 10.0 Å². The zero-order valence-electron chi connectivity index (χ0n) is 7.49. The molecule has 0 N–H and O–H groups in total. The predicted molar refractivity (Wildman–Crippen MR) is 46.4 cm³/mol. The number of rotatable bonds is 4. The Bertz CT molecular complexity index is 231. The van der Waals surface area contributed by atoms with Crippen molar-refractivity contribution in [1.82, 2.24) is 4.31 Å². The standard InChI is InChI=1S/C7H15NO3S/c1-7-5-8(6-7)12(9,10)4-3-11-2/h7H,3-6H2,1-2H3. The molecule has 72 valence electrons. The molecule has 5 heteroatoms. The highest BCUT2D eigenvalue weighted by Gasteiger charge is 2.32. The lowest BCUT2D eigenvalue weighted by Crippen LogP contribution is -2.49. The molecule has 1 aliphatic heterocycles. The molecular weight excluding hydrogens is 178 g/mol. The molecule has 1 rings (SSSR count). The number of hydrogen-bond donors (Lipinski definition) is 0. The lowest BCUT2D eigenvalue weighted by Gasteiger charge is -2.35. The fourth-order valence-electron chi connectivity index (χ4n) is 1.19. The van der Waals surface area contributed by atoms with E-state index in [0.29, 0.717) is 19.0 Å². The van der Waals surface area contributed by atoms with Crippen molar-refractivity contribution in [3.63, 3.8) is 0 Å². The first-order chi connectivity index (χ1) is 5.56. The van der Waals surface area contributed by atoms with E-state index in [1.54, 1.807) is 0 Å². The largest absolute Gasteiger partial charge is 0.384 e. The van der Waals surface area contributed by atoms with Crippen molar-refractivity contribution in [1.29, 1.82) is 0 Å². The van der Waals surface area contributed by atoms with E-state index in [4.69, 9.17) is 4.74 Å². The summed E-state index contributed by atoms with van der Waals surface area (Å²) < 4.78 is 29.0. The van der Waals surface area contributed by atoms with Gasteiger partial charge < -0.3 is 4.74 Å². The Morgan fingerprint density at radius 3 is 2.50 bits per heavy atom. The molecule has 0 atom stereocenters. The number of methoxy groups -OCH3 is 1. The van der Waals surface area contributed by atoms with Crippen molar-refractivity contribution in [2.75, 3.05) is 32.6 Å². The molecule has 1 fully saturated rings. The molecule has 4 nitrogen and oxygen atoms in total. The molecular formula is C7H15NO3S. The van der Waals surface area contributed by atoms with E-state index in [1.165, 1.54) is 11.4 Å². The quantitative estimate of drug-likeness (QED) is 0.627. The van der Waals surface area contributed by atoms with Crippen molar-refractivity contribution in [3.05, 3.63) is 0 Å². The molecule has 0 aromatic heterocycles. The maximum absolute atomic E-state index is 11.4. The second-order valence-corrected chi connectivity index (χ2v) is 5.32. The molecule has 0 saturated carbocycles. The molecule has 1 saturated heterocycles. The van der Waals surface area contributed by atoms with Gasteiger partial charge in [0.1, 0.15) is 0 Å². The van der Waals surface area contributed by atoms with Crippen LogP contribution in [0.5, 0.6) is 0 Å². The van der Waals surface area contributed by atoms with Gasteiger partial charge in [-0.25, -0.2) is 12.7 Å². The minimum absolute atomic E-state index is 0.107. The van der Waals surface area contributed by atoms with E-state index in [-0.39, 0.29) is 12.4 Å². The number of ether oxygens (including phenoxy) is 1. The Balaban J connectivity index is 2.39. The van der Waals surface area contributed by atoms with Crippen LogP contribution in [-0.4, -0.2) is 45.3 Å². The van der Waals surface area contributed by atoms with Crippen LogP contribution in [0.3, 0.4) is 0 Å². The Kier molecular flexibility index (Phi) is 3.09. The third-order valence-electron chi connectivity index (χ3n) is 1.97. The molecule has 0 bridgehead atoms. The zero-order valence-corrected chi connectivity index (χ0v) is 8.30. The molecule has 1 heterocycles. The summed E-state index contributed by atoms with van der Waals surface area (Å²) in [5.41, 5.74) is 0. The maximum atomic E-state index is 11.4. The summed E-state index contributed by atoms with van der Waals surface area (Å²) in [6, 6.07) is 0. The number of nitrogens with zero attached hydrogens (tertiary/aromatic N) is 1. The third-order valence-corrected chi connectivity index (χ3v) is 3.74. The van der Waals surface area contributed by atoms with Gasteiger partial charge in [0.15, 0.2) is 0 Å². The average molecular weight is 193 g/mol. The van der Waals surface area contributed by atoms with E-state index in [0.717, 1.165) is 0 Å². The first-order valence-corrected chi connectivity index (χ1v) is 5.64. The fourth-order valence-corrected chi connectivity index (χ4v) is 2.79. The van der Waals surface area contributed by atoms with Crippen molar-refractivity contribution in [3.8, 4) is 0 Å². The Labute approximate surface area is 73.6 Å². The van der Waals surface area contributed by atoms with Gasteiger partial charge in [-0.15, -0.1) is 0 Å². The van der Waals surface area contributed by atoms with E-state index in [9.17, 15) is 8.42 Å². The second-order valence-electron chi connectivity index (χ2n) is 3.23. The SMILES string of the molecule is COCCS(=O)(=O)N1CC(C)C1. The van der Waals surface area contributed by atoms with Crippen LogP contribution < -0.4 is 0 Å². The van der Waals surface area contributed by atoms with Crippen molar-refractivity contribution in [2.45, 2.75) is 6.92 Å². The first-order valence-electron chi connectivity index (χ1n) is 4.03. The number of sulfonamides is 1. The summed E-state index contributed by atoms with van der Waals surface area (Å²) in [5, 5.41) is 0. The molecule has 0 unspecified atom stereocenters. The molecule has 0 aromatic rings. The molecule has 12 heavy (non-hydrogen) atoms. The maximum Gasteiger partial charge on any atom is 0.216 e. The van der Waals surface area contributed by atoms with Crippen LogP contribution in [0.2, 0.25) is 0 Å². The smallest absolute Gasteiger partial charge is 0.216 e. The monoisotopic (exact) mass is 193 g/mol. The number of hydrogen-bond acceptors (Lipinski definition) is 3. The van der Waals surface area contributed by atoms with Gasteiger partial charge >= 0.3 is 0 Å². The normalized spacial score (nSPS) is 20.8. The lowest BCUT2D eigenvalue weighted by molar-refractivity contribution is 0.200. The highest BCUT2D eigenvalue weighted by atomic mass is 32.2. The van der Waals surface area contributed by atoms with Crippen LogP contribution in [-0.2, 0) is 14.8 Å². The average Bonchev–Trinajstić information content (AvgIpc) is 1.95. The van der Waals surface area contributed by atoms with Crippen LogP contribution in [0.15, 0.2) is 0 Å². The Hall–Kier alpha value is -0.130. The minimum atomic E-state index is -3.01. The summed E-state index contributed by atoms with van der Waals surface area (Å²) in [5.74, 6) is 0.623. The predicted octanol–water partition coefficient (Wildman–Crippen LogP) is -0.0857. The highest BCUT2D eigenvalue weighted by Crippen LogP contribution is 2.18. The van der Waals surface area contributed by atoms with Gasteiger partial charge in [-0.3, -0.25) is 0 Å². The van der Waals surface area contributed by atoms with E-state index < -0.39 is 10.0 Å². The van der Waals surface area contributed by atoms with E-state index in [2.05, 4.69) is 0 Å². The zero-order chi connectivity index (χ0) is 9.19. The first kappa shape index (κ1) is 9.95. The van der Waals surface area contributed by atoms with E-state index in [1.807, 2.05) is 6.92 Å². The highest BCUT2D eigenvalue weighted by molar-refractivity contribution is 7.89. The summed E-state index contributed by atoms with van der Waals surface area (Å²) in [4.78, 5) is 0. The molecule has 1 aliphatic rings. The van der Waals surface area contributed by atoms with Gasteiger partial charge in [-0.2, -0.15) is 0 Å². The summed E-state index contributed by atoms with van der Waals surface area (Å²) in [6.07, 6.45) is 0. The molecule has 0 spiro atoms. The lowest BCUT2D eigenvalue weighted by atomic mass is 10.1. The van der Waals surface area contributed by atoms with Crippen LogP contribution >= 0.6 is 0 Å². The van der Waals surface area contributed by atoms with E-state index >= 15 is 0 Å².